The first-order valence-corrected chi connectivity index (χ1v) is 4.33. The molecule has 0 heterocycles. The molecule has 0 spiro atoms. The van der Waals surface area contributed by atoms with E-state index in [1.807, 2.05) is 13.0 Å². The Hall–Kier alpha value is -0.930. The van der Waals surface area contributed by atoms with Gasteiger partial charge in [0.05, 0.1) is 5.38 Å². The van der Waals surface area contributed by atoms with Crippen LogP contribution >= 0.6 is 11.6 Å². The monoisotopic (exact) mass is 178 g/mol. The van der Waals surface area contributed by atoms with Crippen molar-refractivity contribution in [3.05, 3.63) is 35.5 Å². The number of hydrogen-bond donors (Lipinski definition) is 0. The maximum Gasteiger partial charge on any atom is 0.0559 e. The summed E-state index contributed by atoms with van der Waals surface area (Å²) in [6, 6.07) is 0. The second kappa shape index (κ2) is 4.18. The predicted octanol–water partition coefficient (Wildman–Crippen LogP) is 3.06. The molecule has 0 N–H and O–H groups in total. The fraction of sp³-hybridized carbons (Fsp3) is 0.273. The number of terminal acetylenes is 1. The zero-order chi connectivity index (χ0) is 8.97. The van der Waals surface area contributed by atoms with Gasteiger partial charge < -0.3 is 0 Å². The molecule has 0 radical (unpaired) electrons. The lowest BCUT2D eigenvalue weighted by Gasteiger charge is -2.10. The van der Waals surface area contributed by atoms with Crippen LogP contribution in [0.5, 0.6) is 0 Å². The van der Waals surface area contributed by atoms with E-state index in [4.69, 9.17) is 18.0 Å². The number of allylic oxidation sites excluding steroid dienone is 6. The van der Waals surface area contributed by atoms with Crippen LogP contribution in [0.2, 0.25) is 0 Å². The highest BCUT2D eigenvalue weighted by molar-refractivity contribution is 6.22. The Morgan fingerprint density at radius 2 is 2.58 bits per heavy atom. The Balaban J connectivity index is 2.83. The fourth-order valence-corrected chi connectivity index (χ4v) is 1.35. The van der Waals surface area contributed by atoms with Gasteiger partial charge in [0.2, 0.25) is 0 Å². The van der Waals surface area contributed by atoms with Crippen molar-refractivity contribution in [3.8, 4) is 12.3 Å². The predicted molar refractivity (Wildman–Crippen MR) is 54.1 cm³/mol. The lowest BCUT2D eigenvalue weighted by Crippen LogP contribution is -1.98. The van der Waals surface area contributed by atoms with Crippen LogP contribution in [-0.4, -0.2) is 5.38 Å². The Bertz CT molecular complexity index is 287. The van der Waals surface area contributed by atoms with Gasteiger partial charge in [-0.2, -0.15) is 0 Å². The number of halogens is 1. The van der Waals surface area contributed by atoms with Crippen molar-refractivity contribution in [2.45, 2.75) is 18.7 Å². The molecule has 0 amide bonds. The third-order valence-electron chi connectivity index (χ3n) is 1.77. The zero-order valence-electron chi connectivity index (χ0n) is 7.05. The van der Waals surface area contributed by atoms with Crippen molar-refractivity contribution >= 4 is 11.6 Å². The first-order valence-electron chi connectivity index (χ1n) is 3.89. The highest BCUT2D eigenvalue weighted by Crippen LogP contribution is 2.20. The number of alkyl halides is 1. The molecule has 62 valence electrons. The van der Waals surface area contributed by atoms with Gasteiger partial charge in [0.15, 0.2) is 0 Å². The van der Waals surface area contributed by atoms with E-state index in [2.05, 4.69) is 18.1 Å². The van der Waals surface area contributed by atoms with E-state index in [0.717, 1.165) is 17.6 Å². The minimum atomic E-state index is 0.117. The second-order valence-electron chi connectivity index (χ2n) is 2.77. The molecule has 1 aliphatic carbocycles. The highest BCUT2D eigenvalue weighted by Gasteiger charge is 2.05. The van der Waals surface area contributed by atoms with Gasteiger partial charge in [-0.1, -0.05) is 24.1 Å². The van der Waals surface area contributed by atoms with Crippen LogP contribution in [0.3, 0.4) is 0 Å². The molecule has 1 aliphatic rings. The van der Waals surface area contributed by atoms with Gasteiger partial charge in [-0.3, -0.25) is 0 Å². The summed E-state index contributed by atoms with van der Waals surface area (Å²) in [6.45, 7) is 1.99. The SMILES string of the molecule is C#CC=C(C)C1=CC(Cl)CC=C1. The Morgan fingerprint density at radius 1 is 1.83 bits per heavy atom. The quantitative estimate of drug-likeness (QED) is 0.428. The Kier molecular flexibility index (Phi) is 3.19. The maximum atomic E-state index is 5.95. The average molecular weight is 179 g/mol. The summed E-state index contributed by atoms with van der Waals surface area (Å²) < 4.78 is 0. The largest absolute Gasteiger partial charge is 0.118 e. The van der Waals surface area contributed by atoms with E-state index in [9.17, 15) is 0 Å². The van der Waals surface area contributed by atoms with E-state index in [1.165, 1.54) is 0 Å². The van der Waals surface area contributed by atoms with Gasteiger partial charge in [-0.25, -0.2) is 0 Å². The van der Waals surface area contributed by atoms with Crippen LogP contribution < -0.4 is 0 Å². The van der Waals surface area contributed by atoms with E-state index in [1.54, 1.807) is 6.08 Å². The first kappa shape index (κ1) is 9.16. The van der Waals surface area contributed by atoms with Crippen molar-refractivity contribution in [2.75, 3.05) is 0 Å². The number of rotatable bonds is 1. The summed E-state index contributed by atoms with van der Waals surface area (Å²) in [5, 5.41) is 0.117. The Morgan fingerprint density at radius 3 is 3.17 bits per heavy atom. The van der Waals surface area contributed by atoms with Gasteiger partial charge >= 0.3 is 0 Å². The van der Waals surface area contributed by atoms with Gasteiger partial charge in [-0.15, -0.1) is 18.0 Å². The molecule has 1 heteroatoms. The fourth-order valence-electron chi connectivity index (χ4n) is 1.11. The molecular formula is C11H11Cl. The van der Waals surface area contributed by atoms with Crippen molar-refractivity contribution in [2.24, 2.45) is 0 Å². The first-order chi connectivity index (χ1) is 5.74. The maximum absolute atomic E-state index is 5.95. The molecule has 1 unspecified atom stereocenters. The molecule has 0 nitrogen and oxygen atoms in total. The minimum Gasteiger partial charge on any atom is -0.118 e. The normalized spacial score (nSPS) is 23.2. The smallest absolute Gasteiger partial charge is 0.0559 e. The van der Waals surface area contributed by atoms with E-state index >= 15 is 0 Å². The summed E-state index contributed by atoms with van der Waals surface area (Å²) in [5.41, 5.74) is 2.23. The topological polar surface area (TPSA) is 0 Å². The molecule has 0 bridgehead atoms. The molecule has 1 rings (SSSR count). The summed E-state index contributed by atoms with van der Waals surface area (Å²) in [6.07, 6.45) is 14.0. The minimum absolute atomic E-state index is 0.117. The Labute approximate surface area is 78.6 Å². The molecule has 0 fully saturated rings. The molecule has 0 saturated carbocycles. The van der Waals surface area contributed by atoms with E-state index in [0.29, 0.717) is 0 Å². The van der Waals surface area contributed by atoms with Crippen LogP contribution in [0.15, 0.2) is 35.5 Å². The molecule has 0 aliphatic heterocycles. The van der Waals surface area contributed by atoms with Crippen LogP contribution in [0.1, 0.15) is 13.3 Å². The van der Waals surface area contributed by atoms with Gasteiger partial charge in [0.25, 0.3) is 0 Å². The molecule has 12 heavy (non-hydrogen) atoms. The highest BCUT2D eigenvalue weighted by atomic mass is 35.5. The molecule has 0 aromatic rings. The third kappa shape index (κ3) is 2.29. The van der Waals surface area contributed by atoms with E-state index in [-0.39, 0.29) is 5.38 Å². The van der Waals surface area contributed by atoms with Crippen LogP contribution in [0.25, 0.3) is 0 Å². The average Bonchev–Trinajstić information content (AvgIpc) is 2.05. The lowest BCUT2D eigenvalue weighted by atomic mass is 10.0. The van der Waals surface area contributed by atoms with Crippen LogP contribution in [0.4, 0.5) is 0 Å². The van der Waals surface area contributed by atoms with E-state index < -0.39 is 0 Å². The van der Waals surface area contributed by atoms with Gasteiger partial charge in [0.1, 0.15) is 0 Å². The van der Waals surface area contributed by atoms with Crippen LogP contribution in [0, 0.1) is 12.3 Å². The lowest BCUT2D eigenvalue weighted by molar-refractivity contribution is 1.03. The molecular weight excluding hydrogens is 168 g/mol. The number of hydrogen-bond acceptors (Lipinski definition) is 0. The second-order valence-corrected chi connectivity index (χ2v) is 3.33. The summed E-state index contributed by atoms with van der Waals surface area (Å²) in [7, 11) is 0. The van der Waals surface area contributed by atoms with Gasteiger partial charge in [0, 0.05) is 0 Å². The summed E-state index contributed by atoms with van der Waals surface area (Å²) in [4.78, 5) is 0. The molecule has 0 aromatic carbocycles. The third-order valence-corrected chi connectivity index (χ3v) is 2.08. The zero-order valence-corrected chi connectivity index (χ0v) is 7.81. The molecule has 1 atom stereocenters. The molecule has 0 aromatic heterocycles. The summed E-state index contributed by atoms with van der Waals surface area (Å²) in [5.74, 6) is 2.50. The summed E-state index contributed by atoms with van der Waals surface area (Å²) >= 11 is 5.95. The standard InChI is InChI=1S/C11H11Cl/c1-3-5-9(2)10-6-4-7-11(12)8-10/h1,4-6,8,11H,7H2,2H3. The van der Waals surface area contributed by atoms with Crippen LogP contribution in [-0.2, 0) is 0 Å². The van der Waals surface area contributed by atoms with Gasteiger partial charge in [-0.05, 0) is 30.6 Å². The molecule has 0 saturated heterocycles. The van der Waals surface area contributed by atoms with Crippen molar-refractivity contribution in [1.29, 1.82) is 0 Å². The van der Waals surface area contributed by atoms with Crippen molar-refractivity contribution in [3.63, 3.8) is 0 Å². The van der Waals surface area contributed by atoms with Crippen molar-refractivity contribution < 1.29 is 0 Å². The van der Waals surface area contributed by atoms with Crippen molar-refractivity contribution in [1.82, 2.24) is 0 Å².